The van der Waals surface area contributed by atoms with Gasteiger partial charge < -0.3 is 0 Å². The van der Waals surface area contributed by atoms with Gasteiger partial charge in [0.05, 0.1) is 0 Å². The van der Waals surface area contributed by atoms with E-state index in [1.807, 2.05) is 0 Å². The average molecular weight is 413 g/mol. The van der Waals surface area contributed by atoms with E-state index in [0.29, 0.717) is 5.92 Å². The minimum absolute atomic E-state index is 0.194. The van der Waals surface area contributed by atoms with Gasteiger partial charge >= 0.3 is 0 Å². The van der Waals surface area contributed by atoms with Gasteiger partial charge in [0.15, 0.2) is 0 Å². The molecule has 0 amide bonds. The molecule has 5 atom stereocenters. The van der Waals surface area contributed by atoms with E-state index in [1.54, 1.807) is 0 Å². The molecule has 3 aliphatic carbocycles. The van der Waals surface area contributed by atoms with Gasteiger partial charge in [0.2, 0.25) is 0 Å². The van der Waals surface area contributed by atoms with Crippen LogP contribution >= 0.6 is 0 Å². The lowest BCUT2D eigenvalue weighted by Crippen LogP contribution is -2.31. The van der Waals surface area contributed by atoms with Gasteiger partial charge in [-0.05, 0) is 97.6 Å². The van der Waals surface area contributed by atoms with Gasteiger partial charge in [-0.25, -0.2) is 4.39 Å². The molecule has 0 aromatic heterocycles. The maximum atomic E-state index is 15.6. The first-order valence-corrected chi connectivity index (χ1v) is 13.5. The molecule has 1 aromatic rings. The quantitative estimate of drug-likeness (QED) is 0.374. The summed E-state index contributed by atoms with van der Waals surface area (Å²) in [5.41, 5.74) is 3.49. The molecule has 0 saturated heterocycles. The van der Waals surface area contributed by atoms with Gasteiger partial charge in [-0.1, -0.05) is 77.3 Å². The highest BCUT2D eigenvalue weighted by Gasteiger charge is 2.37. The Morgan fingerprint density at radius 2 is 1.63 bits per heavy atom. The molecule has 2 saturated carbocycles. The lowest BCUT2D eigenvalue weighted by molar-refractivity contribution is 0.113. The van der Waals surface area contributed by atoms with Crippen LogP contribution in [0.3, 0.4) is 0 Å². The van der Waals surface area contributed by atoms with Crippen LogP contribution in [0.1, 0.15) is 126 Å². The first-order chi connectivity index (χ1) is 14.7. The third kappa shape index (κ3) is 5.13. The molecule has 0 bridgehead atoms. The Bertz CT molecular complexity index is 677. The zero-order valence-electron chi connectivity index (χ0n) is 19.7. The van der Waals surface area contributed by atoms with Gasteiger partial charge in [-0.15, -0.1) is 0 Å². The van der Waals surface area contributed by atoms with Crippen LogP contribution in [0.2, 0.25) is 0 Å². The summed E-state index contributed by atoms with van der Waals surface area (Å²) >= 11 is 0. The monoisotopic (exact) mass is 412 g/mol. The summed E-state index contributed by atoms with van der Waals surface area (Å²) in [7, 11) is 0. The van der Waals surface area contributed by atoms with E-state index in [9.17, 15) is 0 Å². The van der Waals surface area contributed by atoms with Crippen molar-refractivity contribution < 1.29 is 4.39 Å². The highest BCUT2D eigenvalue weighted by molar-refractivity contribution is 5.38. The molecule has 0 nitrogen and oxygen atoms in total. The molecule has 2 fully saturated rings. The fraction of sp³-hybridized carbons (Fsp3) is 0.793. The molecule has 1 heteroatoms. The van der Waals surface area contributed by atoms with E-state index in [1.165, 1.54) is 95.5 Å². The number of halogens is 1. The van der Waals surface area contributed by atoms with Crippen molar-refractivity contribution in [3.05, 3.63) is 34.6 Å². The smallest absolute Gasteiger partial charge is 0.130 e. The molecule has 0 N–H and O–H groups in total. The second kappa shape index (κ2) is 10.6. The highest BCUT2D eigenvalue weighted by Crippen LogP contribution is 2.49. The number of hydrogen-bond acceptors (Lipinski definition) is 0. The largest absolute Gasteiger partial charge is 0.206 e. The molecule has 168 valence electrons. The van der Waals surface area contributed by atoms with Crippen LogP contribution in [0.5, 0.6) is 0 Å². The number of hydrogen-bond donors (Lipinski definition) is 0. The summed E-state index contributed by atoms with van der Waals surface area (Å²) in [6, 6.07) is 4.51. The molecule has 1 aromatic carbocycles. The SMILES string of the molecule is CCCCCCC1CCc2c(ccc(C3CCC4CC(CCC)CCC4C3)c2F)C1. The maximum Gasteiger partial charge on any atom is 0.130 e. The zero-order valence-corrected chi connectivity index (χ0v) is 19.7. The molecule has 0 aliphatic heterocycles. The van der Waals surface area contributed by atoms with Crippen LogP contribution in [0, 0.1) is 29.5 Å². The van der Waals surface area contributed by atoms with Crippen molar-refractivity contribution in [1.82, 2.24) is 0 Å². The van der Waals surface area contributed by atoms with E-state index in [2.05, 4.69) is 26.0 Å². The first-order valence-electron chi connectivity index (χ1n) is 13.5. The van der Waals surface area contributed by atoms with E-state index in [0.717, 1.165) is 47.6 Å². The lowest BCUT2D eigenvalue weighted by Gasteiger charge is -2.42. The first kappa shape index (κ1) is 22.3. The Labute approximate surface area is 185 Å². The van der Waals surface area contributed by atoms with Crippen molar-refractivity contribution in [2.45, 2.75) is 122 Å². The summed E-state index contributed by atoms with van der Waals surface area (Å²) in [6.45, 7) is 4.61. The minimum atomic E-state index is 0.194. The molecule has 0 heterocycles. The second-order valence-electron chi connectivity index (χ2n) is 11.1. The average Bonchev–Trinajstić information content (AvgIpc) is 2.77. The third-order valence-corrected chi connectivity index (χ3v) is 9.01. The molecular weight excluding hydrogens is 367 g/mol. The Balaban J connectivity index is 1.36. The van der Waals surface area contributed by atoms with E-state index in [4.69, 9.17) is 0 Å². The van der Waals surface area contributed by atoms with Gasteiger partial charge in [0, 0.05) is 0 Å². The lowest BCUT2D eigenvalue weighted by atomic mass is 9.63. The van der Waals surface area contributed by atoms with Crippen molar-refractivity contribution in [1.29, 1.82) is 0 Å². The molecule has 0 spiro atoms. The molecule has 0 radical (unpaired) electrons. The van der Waals surface area contributed by atoms with Crippen molar-refractivity contribution in [2.24, 2.45) is 23.7 Å². The van der Waals surface area contributed by atoms with Gasteiger partial charge in [0.1, 0.15) is 5.82 Å². The summed E-state index contributed by atoms with van der Waals surface area (Å²) in [4.78, 5) is 0. The van der Waals surface area contributed by atoms with Crippen LogP contribution in [0.4, 0.5) is 4.39 Å². The summed E-state index contributed by atoms with van der Waals surface area (Å²) in [5, 5.41) is 0. The molecular formula is C29H45F. The standard InChI is InChI=1S/C29H45F/c1-3-5-6-7-9-22-11-16-27-25(19-22)15-17-28(29(27)30)26-14-13-23-18-21(8-4-2)10-12-24(23)20-26/h15,17,21-24,26H,3-14,16,18-20H2,1-2H3. The summed E-state index contributed by atoms with van der Waals surface area (Å²) in [6.07, 6.45) is 20.9. The molecule has 4 rings (SSSR count). The Hall–Kier alpha value is -0.850. The van der Waals surface area contributed by atoms with Crippen LogP contribution in [0.15, 0.2) is 12.1 Å². The van der Waals surface area contributed by atoms with E-state index < -0.39 is 0 Å². The van der Waals surface area contributed by atoms with Crippen LogP contribution < -0.4 is 0 Å². The van der Waals surface area contributed by atoms with Gasteiger partial charge in [-0.2, -0.15) is 0 Å². The summed E-state index contributed by atoms with van der Waals surface area (Å²) < 4.78 is 15.6. The minimum Gasteiger partial charge on any atom is -0.206 e. The number of benzene rings is 1. The predicted octanol–water partition coefficient (Wildman–Crippen LogP) is 9.00. The number of fused-ring (bicyclic) bond motifs is 2. The molecule has 3 aliphatic rings. The van der Waals surface area contributed by atoms with Crippen molar-refractivity contribution in [2.75, 3.05) is 0 Å². The van der Waals surface area contributed by atoms with E-state index in [-0.39, 0.29) is 5.82 Å². The zero-order chi connectivity index (χ0) is 20.9. The molecule has 5 unspecified atom stereocenters. The second-order valence-corrected chi connectivity index (χ2v) is 11.1. The van der Waals surface area contributed by atoms with Crippen LogP contribution in [-0.4, -0.2) is 0 Å². The van der Waals surface area contributed by atoms with Crippen molar-refractivity contribution >= 4 is 0 Å². The topological polar surface area (TPSA) is 0 Å². The Morgan fingerprint density at radius 3 is 2.47 bits per heavy atom. The normalized spacial score (nSPS) is 31.2. The van der Waals surface area contributed by atoms with Crippen LogP contribution in [-0.2, 0) is 12.8 Å². The third-order valence-electron chi connectivity index (χ3n) is 9.01. The number of unbranched alkanes of at least 4 members (excludes halogenated alkanes) is 3. The molecule has 30 heavy (non-hydrogen) atoms. The highest BCUT2D eigenvalue weighted by atomic mass is 19.1. The predicted molar refractivity (Wildman–Crippen MR) is 126 cm³/mol. The van der Waals surface area contributed by atoms with Gasteiger partial charge in [-0.3, -0.25) is 0 Å². The fourth-order valence-corrected chi connectivity index (χ4v) is 7.26. The Morgan fingerprint density at radius 1 is 0.800 bits per heavy atom. The number of rotatable bonds is 8. The van der Waals surface area contributed by atoms with Crippen LogP contribution in [0.25, 0.3) is 0 Å². The van der Waals surface area contributed by atoms with Gasteiger partial charge in [0.25, 0.3) is 0 Å². The Kier molecular flexibility index (Phi) is 7.93. The van der Waals surface area contributed by atoms with Crippen molar-refractivity contribution in [3.63, 3.8) is 0 Å². The fourth-order valence-electron chi connectivity index (χ4n) is 7.26. The van der Waals surface area contributed by atoms with Crippen molar-refractivity contribution in [3.8, 4) is 0 Å². The summed E-state index contributed by atoms with van der Waals surface area (Å²) in [5.74, 6) is 4.23. The van der Waals surface area contributed by atoms with E-state index >= 15 is 4.39 Å². The maximum absolute atomic E-state index is 15.6.